The van der Waals surface area contributed by atoms with Crippen LogP contribution in [0.15, 0.2) is 24.3 Å². The van der Waals surface area contributed by atoms with Crippen LogP contribution in [-0.2, 0) is 4.79 Å². The van der Waals surface area contributed by atoms with E-state index in [1.54, 1.807) is 0 Å². The molecular formula is C17H25NO. The Morgan fingerprint density at radius 2 is 1.84 bits per heavy atom. The first-order chi connectivity index (χ1) is 9.15. The molecule has 1 aromatic carbocycles. The van der Waals surface area contributed by atoms with Gasteiger partial charge in [0.05, 0.1) is 0 Å². The van der Waals surface area contributed by atoms with Crippen molar-refractivity contribution in [2.75, 3.05) is 5.32 Å². The Morgan fingerprint density at radius 3 is 2.47 bits per heavy atom. The molecule has 0 heterocycles. The van der Waals surface area contributed by atoms with Gasteiger partial charge in [-0.05, 0) is 31.4 Å². The predicted octanol–water partition coefficient (Wildman–Crippen LogP) is 4.54. The molecule has 1 unspecified atom stereocenters. The Hall–Kier alpha value is -1.31. The second-order valence-electron chi connectivity index (χ2n) is 6.00. The molecule has 1 fully saturated rings. The fourth-order valence-corrected chi connectivity index (χ4v) is 2.93. The van der Waals surface area contributed by atoms with E-state index >= 15 is 0 Å². The minimum atomic E-state index is 0.115. The summed E-state index contributed by atoms with van der Waals surface area (Å²) >= 11 is 0. The van der Waals surface area contributed by atoms with Gasteiger partial charge < -0.3 is 5.32 Å². The number of rotatable bonds is 4. The Labute approximate surface area is 116 Å². The molecule has 1 atom stereocenters. The van der Waals surface area contributed by atoms with E-state index in [2.05, 4.69) is 19.2 Å². The number of carbonyl (C=O) groups is 1. The van der Waals surface area contributed by atoms with Gasteiger partial charge in [0.1, 0.15) is 0 Å². The van der Waals surface area contributed by atoms with Crippen molar-refractivity contribution in [1.82, 2.24) is 0 Å². The van der Waals surface area contributed by atoms with Crippen LogP contribution in [-0.4, -0.2) is 5.91 Å². The van der Waals surface area contributed by atoms with Crippen LogP contribution in [0.25, 0.3) is 0 Å². The van der Waals surface area contributed by atoms with E-state index in [9.17, 15) is 4.79 Å². The van der Waals surface area contributed by atoms with Gasteiger partial charge in [-0.25, -0.2) is 0 Å². The van der Waals surface area contributed by atoms with E-state index in [0.29, 0.717) is 0 Å². The van der Waals surface area contributed by atoms with Gasteiger partial charge in [-0.2, -0.15) is 0 Å². The van der Waals surface area contributed by atoms with E-state index < -0.39 is 0 Å². The number of hydrogen-bond acceptors (Lipinski definition) is 1. The molecule has 2 heteroatoms. The molecule has 2 rings (SSSR count). The van der Waals surface area contributed by atoms with E-state index in [1.807, 2.05) is 24.3 Å². The Kier molecular flexibility index (Phi) is 5.00. The second-order valence-corrected chi connectivity index (χ2v) is 6.00. The molecule has 1 aliphatic rings. The zero-order valence-electron chi connectivity index (χ0n) is 12.1. The van der Waals surface area contributed by atoms with Crippen molar-refractivity contribution in [2.45, 2.75) is 52.4 Å². The molecule has 1 aromatic rings. The third-order valence-corrected chi connectivity index (χ3v) is 4.18. The SMILES string of the molecule is Cc1ccc(NC(=O)C(C)CC2CCCCC2)cc1. The van der Waals surface area contributed by atoms with Crippen molar-refractivity contribution in [2.24, 2.45) is 11.8 Å². The smallest absolute Gasteiger partial charge is 0.227 e. The van der Waals surface area contributed by atoms with E-state index in [4.69, 9.17) is 0 Å². The summed E-state index contributed by atoms with van der Waals surface area (Å²) in [4.78, 5) is 12.2. The van der Waals surface area contributed by atoms with Gasteiger partial charge in [-0.1, -0.05) is 56.7 Å². The predicted molar refractivity (Wildman–Crippen MR) is 80.2 cm³/mol. The lowest BCUT2D eigenvalue weighted by atomic mass is 9.83. The Balaban J connectivity index is 1.83. The molecule has 1 N–H and O–H groups in total. The van der Waals surface area contributed by atoms with Gasteiger partial charge in [0.15, 0.2) is 0 Å². The molecule has 0 aromatic heterocycles. The van der Waals surface area contributed by atoms with Gasteiger partial charge in [0.2, 0.25) is 5.91 Å². The van der Waals surface area contributed by atoms with Crippen molar-refractivity contribution >= 4 is 11.6 Å². The molecule has 0 spiro atoms. The van der Waals surface area contributed by atoms with Gasteiger partial charge in [0.25, 0.3) is 0 Å². The maximum Gasteiger partial charge on any atom is 0.227 e. The highest BCUT2D eigenvalue weighted by atomic mass is 16.1. The van der Waals surface area contributed by atoms with Crippen LogP contribution in [0.4, 0.5) is 5.69 Å². The molecule has 1 saturated carbocycles. The molecule has 104 valence electrons. The quantitative estimate of drug-likeness (QED) is 0.845. The van der Waals surface area contributed by atoms with Crippen LogP contribution in [0.3, 0.4) is 0 Å². The summed E-state index contributed by atoms with van der Waals surface area (Å²) in [6, 6.07) is 8.00. The van der Waals surface area contributed by atoms with Crippen molar-refractivity contribution in [3.63, 3.8) is 0 Å². The first kappa shape index (κ1) is 14.1. The first-order valence-corrected chi connectivity index (χ1v) is 7.52. The van der Waals surface area contributed by atoms with Crippen LogP contribution in [0.1, 0.15) is 51.0 Å². The van der Waals surface area contributed by atoms with Gasteiger partial charge in [-0.15, -0.1) is 0 Å². The number of benzene rings is 1. The highest BCUT2D eigenvalue weighted by Gasteiger charge is 2.20. The molecule has 0 aliphatic heterocycles. The van der Waals surface area contributed by atoms with Gasteiger partial charge in [0, 0.05) is 11.6 Å². The summed E-state index contributed by atoms with van der Waals surface area (Å²) in [5, 5.41) is 3.02. The van der Waals surface area contributed by atoms with Crippen molar-refractivity contribution < 1.29 is 4.79 Å². The van der Waals surface area contributed by atoms with E-state index in [0.717, 1.165) is 18.0 Å². The number of nitrogens with one attached hydrogen (secondary N) is 1. The summed E-state index contributed by atoms with van der Waals surface area (Å²) in [6.07, 6.45) is 7.72. The standard InChI is InChI=1S/C17H25NO/c1-13-8-10-16(11-9-13)18-17(19)14(2)12-15-6-4-3-5-7-15/h8-11,14-15H,3-7,12H2,1-2H3,(H,18,19). The minimum Gasteiger partial charge on any atom is -0.326 e. The maximum atomic E-state index is 12.2. The monoisotopic (exact) mass is 259 g/mol. The van der Waals surface area contributed by atoms with Crippen molar-refractivity contribution in [3.8, 4) is 0 Å². The highest BCUT2D eigenvalue weighted by molar-refractivity contribution is 5.92. The number of hydrogen-bond donors (Lipinski definition) is 1. The van der Waals surface area contributed by atoms with Crippen LogP contribution >= 0.6 is 0 Å². The molecular weight excluding hydrogens is 234 g/mol. The zero-order chi connectivity index (χ0) is 13.7. The van der Waals surface area contributed by atoms with Gasteiger partial charge in [-0.3, -0.25) is 4.79 Å². The molecule has 2 nitrogen and oxygen atoms in total. The van der Waals surface area contributed by atoms with Crippen molar-refractivity contribution in [1.29, 1.82) is 0 Å². The van der Waals surface area contributed by atoms with Crippen LogP contribution in [0, 0.1) is 18.8 Å². The normalized spacial score (nSPS) is 18.0. The van der Waals surface area contributed by atoms with Crippen LogP contribution in [0.5, 0.6) is 0 Å². The number of amides is 1. The lowest BCUT2D eigenvalue weighted by molar-refractivity contribution is -0.120. The molecule has 19 heavy (non-hydrogen) atoms. The Bertz CT molecular complexity index is 404. The molecule has 0 radical (unpaired) electrons. The zero-order valence-corrected chi connectivity index (χ0v) is 12.1. The number of carbonyl (C=O) groups excluding carboxylic acids is 1. The summed E-state index contributed by atoms with van der Waals surface area (Å²) in [7, 11) is 0. The number of aryl methyl sites for hydroxylation is 1. The summed E-state index contributed by atoms with van der Waals surface area (Å²) in [5.74, 6) is 1.03. The van der Waals surface area contributed by atoms with Crippen LogP contribution < -0.4 is 5.32 Å². The van der Waals surface area contributed by atoms with Crippen molar-refractivity contribution in [3.05, 3.63) is 29.8 Å². The molecule has 1 aliphatic carbocycles. The summed E-state index contributed by atoms with van der Waals surface area (Å²) in [6.45, 7) is 4.11. The Morgan fingerprint density at radius 1 is 1.21 bits per heavy atom. The molecule has 0 bridgehead atoms. The lowest BCUT2D eigenvalue weighted by Gasteiger charge is -2.24. The van der Waals surface area contributed by atoms with E-state index in [1.165, 1.54) is 37.7 Å². The third-order valence-electron chi connectivity index (χ3n) is 4.18. The second kappa shape index (κ2) is 6.74. The summed E-state index contributed by atoms with van der Waals surface area (Å²) in [5.41, 5.74) is 2.12. The largest absolute Gasteiger partial charge is 0.326 e. The summed E-state index contributed by atoms with van der Waals surface area (Å²) < 4.78 is 0. The fraction of sp³-hybridized carbons (Fsp3) is 0.588. The average molecular weight is 259 g/mol. The highest BCUT2D eigenvalue weighted by Crippen LogP contribution is 2.29. The van der Waals surface area contributed by atoms with E-state index in [-0.39, 0.29) is 11.8 Å². The lowest BCUT2D eigenvalue weighted by Crippen LogP contribution is -2.23. The average Bonchev–Trinajstić information content (AvgIpc) is 2.42. The third kappa shape index (κ3) is 4.38. The molecule has 0 saturated heterocycles. The van der Waals surface area contributed by atoms with Crippen LogP contribution in [0.2, 0.25) is 0 Å². The fourth-order valence-electron chi connectivity index (χ4n) is 2.93. The minimum absolute atomic E-state index is 0.115. The maximum absolute atomic E-state index is 12.2. The first-order valence-electron chi connectivity index (χ1n) is 7.52. The molecule has 1 amide bonds. The topological polar surface area (TPSA) is 29.1 Å². The number of anilines is 1. The van der Waals surface area contributed by atoms with Gasteiger partial charge >= 0.3 is 0 Å².